The van der Waals surface area contributed by atoms with E-state index in [-0.39, 0.29) is 25.1 Å². The van der Waals surface area contributed by atoms with E-state index in [2.05, 4.69) is 11.8 Å². The summed E-state index contributed by atoms with van der Waals surface area (Å²) in [7, 11) is 1.62. The molecule has 0 saturated heterocycles. The lowest BCUT2D eigenvalue weighted by atomic mass is 10.1. The second-order valence-corrected chi connectivity index (χ2v) is 4.82. The minimum Gasteiger partial charge on any atom is -0.497 e. The Labute approximate surface area is 131 Å². The Balaban J connectivity index is 2.29. The van der Waals surface area contributed by atoms with Crippen LogP contribution in [0.25, 0.3) is 0 Å². The number of rotatable bonds is 7. The third-order valence-corrected chi connectivity index (χ3v) is 2.97. The van der Waals surface area contributed by atoms with Gasteiger partial charge >= 0.3 is 5.97 Å². The van der Waals surface area contributed by atoms with E-state index >= 15 is 0 Å². The first-order valence-corrected chi connectivity index (χ1v) is 7.03. The molecule has 5 nitrogen and oxygen atoms in total. The zero-order chi connectivity index (χ0) is 16.4. The first-order valence-electron chi connectivity index (χ1n) is 7.03. The molecule has 2 atom stereocenters. The van der Waals surface area contributed by atoms with Crippen LogP contribution in [0.4, 0.5) is 0 Å². The number of aliphatic hydroxyl groups is 1. The summed E-state index contributed by atoms with van der Waals surface area (Å²) in [5, 5.41) is 9.93. The number of benzene rings is 1. The van der Waals surface area contributed by atoms with Gasteiger partial charge in [0.2, 0.25) is 0 Å². The number of hydrogen-bond donors (Lipinski definition) is 1. The molecular weight excluding hydrogens is 284 g/mol. The van der Waals surface area contributed by atoms with E-state index in [0.717, 1.165) is 11.3 Å². The summed E-state index contributed by atoms with van der Waals surface area (Å²) in [5.41, 5.74) is 1.00. The number of ether oxygens (including phenoxy) is 3. The normalized spacial score (nSPS) is 12.7. The summed E-state index contributed by atoms with van der Waals surface area (Å²) in [6, 6.07) is 7.54. The lowest BCUT2D eigenvalue weighted by molar-refractivity contribution is -0.139. The van der Waals surface area contributed by atoms with Crippen molar-refractivity contribution in [2.24, 2.45) is 5.92 Å². The van der Waals surface area contributed by atoms with Crippen molar-refractivity contribution in [3.8, 4) is 17.6 Å². The number of carbonyl (C=O) groups excluding carboxylic acids is 1. The molecule has 0 fully saturated rings. The highest BCUT2D eigenvalue weighted by molar-refractivity contribution is 5.66. The lowest BCUT2D eigenvalue weighted by Crippen LogP contribution is -2.22. The maximum absolute atomic E-state index is 10.6. The Hall–Kier alpha value is -2.03. The molecule has 0 aromatic heterocycles. The van der Waals surface area contributed by atoms with Gasteiger partial charge < -0.3 is 19.3 Å². The molecule has 0 heterocycles. The van der Waals surface area contributed by atoms with Crippen molar-refractivity contribution in [3.63, 3.8) is 0 Å². The van der Waals surface area contributed by atoms with Gasteiger partial charge in [-0.25, -0.2) is 0 Å². The predicted molar refractivity (Wildman–Crippen MR) is 82.2 cm³/mol. The van der Waals surface area contributed by atoms with E-state index in [1.165, 1.54) is 6.92 Å². The van der Waals surface area contributed by atoms with Crippen LogP contribution in [0.1, 0.15) is 19.4 Å². The molecule has 120 valence electrons. The van der Waals surface area contributed by atoms with Crippen LogP contribution >= 0.6 is 0 Å². The number of carbonyl (C=O) groups is 1. The van der Waals surface area contributed by atoms with Crippen LogP contribution < -0.4 is 4.74 Å². The first-order chi connectivity index (χ1) is 10.5. The second kappa shape index (κ2) is 9.82. The molecule has 0 bridgehead atoms. The van der Waals surface area contributed by atoms with E-state index in [4.69, 9.17) is 14.2 Å². The summed E-state index contributed by atoms with van der Waals surface area (Å²) in [6.45, 7) is 3.76. The number of hydrogen-bond acceptors (Lipinski definition) is 5. The van der Waals surface area contributed by atoms with Gasteiger partial charge in [0.1, 0.15) is 5.75 Å². The van der Waals surface area contributed by atoms with Crippen molar-refractivity contribution >= 4 is 5.97 Å². The average Bonchev–Trinajstić information content (AvgIpc) is 2.51. The Bertz CT molecular complexity index is 512. The fourth-order valence-corrected chi connectivity index (χ4v) is 1.60. The third kappa shape index (κ3) is 7.11. The van der Waals surface area contributed by atoms with Crippen LogP contribution in [-0.4, -0.2) is 37.5 Å². The van der Waals surface area contributed by atoms with Crippen LogP contribution in [0, 0.1) is 17.8 Å². The van der Waals surface area contributed by atoms with Gasteiger partial charge in [-0.2, -0.15) is 0 Å². The van der Waals surface area contributed by atoms with Gasteiger partial charge in [-0.15, -0.1) is 0 Å². The van der Waals surface area contributed by atoms with Crippen LogP contribution in [0.15, 0.2) is 24.3 Å². The maximum atomic E-state index is 10.6. The second-order valence-electron chi connectivity index (χ2n) is 4.82. The van der Waals surface area contributed by atoms with Crippen molar-refractivity contribution in [2.75, 3.05) is 20.3 Å². The van der Waals surface area contributed by atoms with Gasteiger partial charge in [-0.1, -0.05) is 24.0 Å². The van der Waals surface area contributed by atoms with Crippen molar-refractivity contribution in [3.05, 3.63) is 29.8 Å². The molecule has 0 aliphatic heterocycles. The van der Waals surface area contributed by atoms with E-state index in [9.17, 15) is 9.90 Å². The summed E-state index contributed by atoms with van der Waals surface area (Å²) < 4.78 is 15.2. The Morgan fingerprint density at radius 2 is 2.00 bits per heavy atom. The standard InChI is InChI=1S/C17H22O5/c1-13(5-4-10-22-14(2)18)17(19)12-21-11-15-6-8-16(20-3)9-7-15/h6-9,13,17,19H,10-12H2,1-3H3/t13-,17-/m0/s1. The van der Waals surface area contributed by atoms with Gasteiger partial charge in [0.15, 0.2) is 6.61 Å². The monoisotopic (exact) mass is 306 g/mol. The molecule has 0 unspecified atom stereocenters. The first kappa shape index (κ1) is 18.0. The molecule has 0 aliphatic carbocycles. The van der Waals surface area contributed by atoms with E-state index in [1.807, 2.05) is 24.3 Å². The van der Waals surface area contributed by atoms with Gasteiger partial charge in [-0.05, 0) is 24.6 Å². The number of esters is 1. The highest BCUT2D eigenvalue weighted by atomic mass is 16.5. The van der Waals surface area contributed by atoms with E-state index in [0.29, 0.717) is 6.61 Å². The molecule has 1 rings (SSSR count). The van der Waals surface area contributed by atoms with Crippen molar-refractivity contribution in [2.45, 2.75) is 26.6 Å². The van der Waals surface area contributed by atoms with Gasteiger partial charge in [0.25, 0.3) is 0 Å². The zero-order valence-corrected chi connectivity index (χ0v) is 13.2. The topological polar surface area (TPSA) is 65.0 Å². The highest BCUT2D eigenvalue weighted by Gasteiger charge is 2.11. The molecule has 0 spiro atoms. The van der Waals surface area contributed by atoms with Crippen molar-refractivity contribution in [1.29, 1.82) is 0 Å². The summed E-state index contributed by atoms with van der Waals surface area (Å²) in [4.78, 5) is 10.6. The molecule has 0 aliphatic rings. The fraction of sp³-hybridized carbons (Fsp3) is 0.471. The lowest BCUT2D eigenvalue weighted by Gasteiger charge is -2.14. The fourth-order valence-electron chi connectivity index (χ4n) is 1.60. The Morgan fingerprint density at radius 3 is 2.59 bits per heavy atom. The Kier molecular flexibility index (Phi) is 8.05. The molecule has 1 N–H and O–H groups in total. The molecule has 1 aromatic rings. The molecule has 0 saturated carbocycles. The van der Waals surface area contributed by atoms with E-state index < -0.39 is 6.10 Å². The average molecular weight is 306 g/mol. The summed E-state index contributed by atoms with van der Waals surface area (Å²) in [6.07, 6.45) is -0.692. The van der Waals surface area contributed by atoms with Crippen LogP contribution in [0.3, 0.4) is 0 Å². The van der Waals surface area contributed by atoms with E-state index in [1.54, 1.807) is 14.0 Å². The summed E-state index contributed by atoms with van der Waals surface area (Å²) in [5.74, 6) is 5.69. The zero-order valence-electron chi connectivity index (χ0n) is 13.2. The molecule has 1 aromatic carbocycles. The van der Waals surface area contributed by atoms with Crippen molar-refractivity contribution in [1.82, 2.24) is 0 Å². The number of aliphatic hydroxyl groups excluding tert-OH is 1. The largest absolute Gasteiger partial charge is 0.497 e. The molecular formula is C17H22O5. The molecule has 0 amide bonds. The smallest absolute Gasteiger partial charge is 0.303 e. The molecule has 5 heteroatoms. The minimum atomic E-state index is -0.692. The predicted octanol–water partition coefficient (Wildman–Crippen LogP) is 1.78. The Morgan fingerprint density at radius 1 is 1.32 bits per heavy atom. The maximum Gasteiger partial charge on any atom is 0.303 e. The van der Waals surface area contributed by atoms with Gasteiger partial charge in [0.05, 0.1) is 26.4 Å². The summed E-state index contributed by atoms with van der Waals surface area (Å²) >= 11 is 0. The number of methoxy groups -OCH3 is 1. The third-order valence-electron chi connectivity index (χ3n) is 2.97. The minimum absolute atomic E-state index is 0.0408. The quantitative estimate of drug-likeness (QED) is 0.614. The molecule has 22 heavy (non-hydrogen) atoms. The highest BCUT2D eigenvalue weighted by Crippen LogP contribution is 2.12. The van der Waals surface area contributed by atoms with Crippen molar-refractivity contribution < 1.29 is 24.1 Å². The van der Waals surface area contributed by atoms with Crippen LogP contribution in [0.2, 0.25) is 0 Å². The SMILES string of the molecule is COc1ccc(COC[C@H](O)[C@@H](C)C#CCOC(C)=O)cc1. The van der Waals surface area contributed by atoms with Gasteiger partial charge in [0, 0.05) is 12.8 Å². The van der Waals surface area contributed by atoms with Crippen LogP contribution in [-0.2, 0) is 20.9 Å². The van der Waals surface area contributed by atoms with Crippen LogP contribution in [0.5, 0.6) is 5.75 Å². The molecule has 0 radical (unpaired) electrons. The van der Waals surface area contributed by atoms with Gasteiger partial charge in [-0.3, -0.25) is 4.79 Å².